The summed E-state index contributed by atoms with van der Waals surface area (Å²) >= 11 is 0. The molecule has 0 aromatic heterocycles. The Kier molecular flexibility index (Phi) is 56.5. The summed E-state index contributed by atoms with van der Waals surface area (Å²) < 4.78 is 5.48. The number of unbranched alkanes of at least 4 members (excludes halogenated alkanes) is 44. The molecule has 0 saturated heterocycles. The third-order valence-corrected chi connectivity index (χ3v) is 14.2. The first kappa shape index (κ1) is 66.3. The summed E-state index contributed by atoms with van der Waals surface area (Å²) in [6.07, 6.45) is 70.6. The van der Waals surface area contributed by atoms with E-state index in [9.17, 15) is 19.8 Å². The highest BCUT2D eigenvalue weighted by molar-refractivity contribution is 5.76. The van der Waals surface area contributed by atoms with E-state index in [4.69, 9.17) is 4.74 Å². The minimum absolute atomic E-state index is 0.00945. The van der Waals surface area contributed by atoms with Crippen LogP contribution in [0.15, 0.2) is 24.3 Å². The normalized spacial score (nSPS) is 12.7. The number of carbonyl (C=O) groups excluding carboxylic acids is 2. The van der Waals surface area contributed by atoms with Gasteiger partial charge in [-0.15, -0.1) is 0 Å². The molecule has 0 saturated carbocycles. The van der Waals surface area contributed by atoms with Gasteiger partial charge in [0.2, 0.25) is 5.91 Å². The van der Waals surface area contributed by atoms with Crippen molar-refractivity contribution in [1.82, 2.24) is 5.32 Å². The lowest BCUT2D eigenvalue weighted by molar-refractivity contribution is -0.143. The molecule has 6 nitrogen and oxygen atoms in total. The standard InChI is InChI=1S/C62H119NO5/c1-3-5-7-9-11-13-15-17-19-21-22-23-24-26-27-30-34-38-42-46-50-54-60(65)59(58-64)63-61(66)55-51-47-43-39-35-31-29-33-37-41-45-49-53-57-68-62(67)56-52-48-44-40-36-32-28-25-20-18-16-14-12-10-8-6-4-2/h18,20,50,54,59-60,64-65H,3-17,19,21-49,51-53,55-58H2,1-2H3,(H,63,66)/b20-18-,54-50+. The zero-order chi connectivity index (χ0) is 49.3. The van der Waals surface area contributed by atoms with Gasteiger partial charge in [-0.25, -0.2) is 0 Å². The molecular formula is C62H119NO5. The number of ether oxygens (including phenoxy) is 1. The average molecular weight is 959 g/mol. The molecular weight excluding hydrogens is 839 g/mol. The lowest BCUT2D eigenvalue weighted by Gasteiger charge is -2.20. The van der Waals surface area contributed by atoms with Gasteiger partial charge < -0.3 is 20.3 Å². The summed E-state index contributed by atoms with van der Waals surface area (Å²) in [4.78, 5) is 24.6. The Hall–Kier alpha value is -1.66. The van der Waals surface area contributed by atoms with Crippen molar-refractivity contribution < 1.29 is 24.5 Å². The Morgan fingerprint density at radius 2 is 0.691 bits per heavy atom. The molecule has 0 aliphatic rings. The van der Waals surface area contributed by atoms with Crippen molar-refractivity contribution in [3.8, 4) is 0 Å². The molecule has 0 fully saturated rings. The predicted octanol–water partition coefficient (Wildman–Crippen LogP) is 19.0. The maximum absolute atomic E-state index is 12.5. The molecule has 0 aromatic rings. The summed E-state index contributed by atoms with van der Waals surface area (Å²) in [6.45, 7) is 4.89. The second-order valence-electron chi connectivity index (χ2n) is 21.0. The molecule has 1 amide bonds. The first-order valence-electron chi connectivity index (χ1n) is 30.6. The van der Waals surface area contributed by atoms with Gasteiger partial charge in [-0.05, 0) is 57.8 Å². The fraction of sp³-hybridized carbons (Fsp3) is 0.903. The minimum atomic E-state index is -0.854. The number of amides is 1. The van der Waals surface area contributed by atoms with E-state index in [0.29, 0.717) is 19.4 Å². The number of esters is 1. The van der Waals surface area contributed by atoms with Gasteiger partial charge in [0.15, 0.2) is 0 Å². The quantitative estimate of drug-likeness (QED) is 0.0321. The molecule has 68 heavy (non-hydrogen) atoms. The molecule has 402 valence electrons. The van der Waals surface area contributed by atoms with Gasteiger partial charge in [-0.1, -0.05) is 289 Å². The van der Waals surface area contributed by atoms with Crippen molar-refractivity contribution in [1.29, 1.82) is 0 Å². The second kappa shape index (κ2) is 57.9. The number of hydrogen-bond donors (Lipinski definition) is 3. The van der Waals surface area contributed by atoms with Crippen LogP contribution in [0.2, 0.25) is 0 Å². The monoisotopic (exact) mass is 958 g/mol. The summed E-state index contributed by atoms with van der Waals surface area (Å²) in [5.41, 5.74) is 0. The Bertz CT molecular complexity index is 1060. The molecule has 0 bridgehead atoms. The molecule has 6 heteroatoms. The largest absolute Gasteiger partial charge is 0.466 e. The van der Waals surface area contributed by atoms with Gasteiger partial charge in [0.1, 0.15) is 0 Å². The number of aliphatic hydroxyl groups is 2. The number of carbonyl (C=O) groups is 2. The van der Waals surface area contributed by atoms with Gasteiger partial charge in [-0.3, -0.25) is 9.59 Å². The first-order valence-corrected chi connectivity index (χ1v) is 30.6. The Balaban J connectivity index is 3.47. The van der Waals surface area contributed by atoms with E-state index < -0.39 is 12.1 Å². The highest BCUT2D eigenvalue weighted by atomic mass is 16.5. The van der Waals surface area contributed by atoms with Crippen LogP contribution >= 0.6 is 0 Å². The summed E-state index contributed by atoms with van der Waals surface area (Å²) in [7, 11) is 0. The molecule has 0 aliphatic heterocycles. The first-order chi connectivity index (χ1) is 33.5. The van der Waals surface area contributed by atoms with Crippen LogP contribution < -0.4 is 5.32 Å². The van der Waals surface area contributed by atoms with Crippen LogP contribution in [0.1, 0.15) is 335 Å². The van der Waals surface area contributed by atoms with Gasteiger partial charge in [0, 0.05) is 12.8 Å². The van der Waals surface area contributed by atoms with Crippen LogP contribution in [0.25, 0.3) is 0 Å². The van der Waals surface area contributed by atoms with E-state index in [-0.39, 0.29) is 18.5 Å². The Morgan fingerprint density at radius 3 is 1.04 bits per heavy atom. The molecule has 3 N–H and O–H groups in total. The summed E-state index contributed by atoms with van der Waals surface area (Å²) in [5.74, 6) is -0.0873. The van der Waals surface area contributed by atoms with E-state index in [2.05, 4.69) is 31.3 Å². The van der Waals surface area contributed by atoms with Crippen LogP contribution in [-0.2, 0) is 14.3 Å². The van der Waals surface area contributed by atoms with Crippen LogP contribution in [0.3, 0.4) is 0 Å². The van der Waals surface area contributed by atoms with Crippen LogP contribution in [0.5, 0.6) is 0 Å². The smallest absolute Gasteiger partial charge is 0.305 e. The van der Waals surface area contributed by atoms with Crippen molar-refractivity contribution in [2.24, 2.45) is 0 Å². The molecule has 2 atom stereocenters. The molecule has 0 spiro atoms. The topological polar surface area (TPSA) is 95.9 Å². The van der Waals surface area contributed by atoms with Crippen molar-refractivity contribution in [2.45, 2.75) is 347 Å². The number of allylic oxidation sites excluding steroid dienone is 3. The van der Waals surface area contributed by atoms with Gasteiger partial charge in [0.25, 0.3) is 0 Å². The SMILES string of the molecule is CCCCCCCC/C=C\CCCCCCCCCC(=O)OCCCCCCCCCCCCCCCC(=O)NC(CO)C(O)/C=C/CCCCCCCCCCCCCCCCCCCCC. The maximum Gasteiger partial charge on any atom is 0.305 e. The second-order valence-corrected chi connectivity index (χ2v) is 21.0. The third-order valence-electron chi connectivity index (χ3n) is 14.2. The number of hydrogen-bond acceptors (Lipinski definition) is 5. The zero-order valence-electron chi connectivity index (χ0n) is 45.9. The fourth-order valence-electron chi connectivity index (χ4n) is 9.51. The molecule has 0 aromatic carbocycles. The molecule has 0 radical (unpaired) electrons. The number of aliphatic hydroxyl groups excluding tert-OH is 2. The lowest BCUT2D eigenvalue weighted by Crippen LogP contribution is -2.45. The Morgan fingerprint density at radius 1 is 0.397 bits per heavy atom. The van der Waals surface area contributed by atoms with E-state index in [0.717, 1.165) is 57.8 Å². The van der Waals surface area contributed by atoms with Crippen LogP contribution in [0.4, 0.5) is 0 Å². The van der Waals surface area contributed by atoms with E-state index >= 15 is 0 Å². The Labute approximate surface area is 424 Å². The van der Waals surface area contributed by atoms with E-state index in [1.165, 1.54) is 250 Å². The summed E-state index contributed by atoms with van der Waals surface area (Å²) in [5, 5.41) is 23.2. The highest BCUT2D eigenvalue weighted by Gasteiger charge is 2.18. The van der Waals surface area contributed by atoms with Crippen molar-refractivity contribution in [2.75, 3.05) is 13.2 Å². The maximum atomic E-state index is 12.5. The molecule has 2 unspecified atom stereocenters. The summed E-state index contributed by atoms with van der Waals surface area (Å²) in [6, 6.07) is -0.638. The lowest BCUT2D eigenvalue weighted by atomic mass is 10.0. The third kappa shape index (κ3) is 53.7. The number of rotatable bonds is 57. The van der Waals surface area contributed by atoms with Crippen molar-refractivity contribution >= 4 is 11.9 Å². The van der Waals surface area contributed by atoms with Gasteiger partial charge in [0.05, 0.1) is 25.4 Å². The van der Waals surface area contributed by atoms with E-state index in [1.54, 1.807) is 6.08 Å². The van der Waals surface area contributed by atoms with Crippen molar-refractivity contribution in [3.05, 3.63) is 24.3 Å². The number of nitrogens with one attached hydrogen (secondary N) is 1. The highest BCUT2D eigenvalue weighted by Crippen LogP contribution is 2.17. The van der Waals surface area contributed by atoms with E-state index in [1.807, 2.05) is 6.08 Å². The average Bonchev–Trinajstić information content (AvgIpc) is 3.34. The van der Waals surface area contributed by atoms with Crippen LogP contribution in [0, 0.1) is 0 Å². The predicted molar refractivity (Wildman–Crippen MR) is 296 cm³/mol. The fourth-order valence-corrected chi connectivity index (χ4v) is 9.51. The van der Waals surface area contributed by atoms with Gasteiger partial charge in [-0.2, -0.15) is 0 Å². The molecule has 0 rings (SSSR count). The molecule has 0 heterocycles. The van der Waals surface area contributed by atoms with Gasteiger partial charge >= 0.3 is 5.97 Å². The minimum Gasteiger partial charge on any atom is -0.466 e. The molecule has 0 aliphatic carbocycles. The van der Waals surface area contributed by atoms with Crippen LogP contribution in [-0.4, -0.2) is 47.4 Å². The van der Waals surface area contributed by atoms with Crippen molar-refractivity contribution in [3.63, 3.8) is 0 Å². The zero-order valence-corrected chi connectivity index (χ0v) is 45.9.